The van der Waals surface area contributed by atoms with Crippen LogP contribution in [0.4, 0.5) is 0 Å². The molecule has 0 unspecified atom stereocenters. The van der Waals surface area contributed by atoms with E-state index in [-0.39, 0.29) is 12.5 Å². The van der Waals surface area contributed by atoms with E-state index < -0.39 is 0 Å². The highest BCUT2D eigenvalue weighted by molar-refractivity contribution is 6.17. The minimum absolute atomic E-state index is 0.0521. The van der Waals surface area contributed by atoms with Gasteiger partial charge in [-0.25, -0.2) is 4.98 Å². The molecule has 0 saturated carbocycles. The number of hydrogen-bond acceptors (Lipinski definition) is 3. The van der Waals surface area contributed by atoms with E-state index >= 15 is 0 Å². The van der Waals surface area contributed by atoms with Crippen molar-refractivity contribution in [1.82, 2.24) is 14.9 Å². The minimum Gasteiger partial charge on any atom is -0.383 e. The summed E-state index contributed by atoms with van der Waals surface area (Å²) in [5.41, 5.74) is 3.00. The molecule has 0 aliphatic carbocycles. The zero-order chi connectivity index (χ0) is 15.2. The summed E-state index contributed by atoms with van der Waals surface area (Å²) in [6, 6.07) is 5.97. The Balaban J connectivity index is 2.26. The van der Waals surface area contributed by atoms with E-state index in [1.807, 2.05) is 29.7 Å². The van der Waals surface area contributed by atoms with E-state index in [0.29, 0.717) is 25.5 Å². The van der Waals surface area contributed by atoms with Gasteiger partial charge in [-0.3, -0.25) is 4.79 Å². The van der Waals surface area contributed by atoms with Crippen molar-refractivity contribution in [3.63, 3.8) is 0 Å². The van der Waals surface area contributed by atoms with Crippen molar-refractivity contribution in [3.05, 3.63) is 29.6 Å². The predicted octanol–water partition coefficient (Wildman–Crippen LogP) is 1.89. The fourth-order valence-electron chi connectivity index (χ4n) is 2.28. The van der Waals surface area contributed by atoms with Gasteiger partial charge in [0.05, 0.1) is 17.6 Å². The van der Waals surface area contributed by atoms with Crippen LogP contribution in [0.1, 0.15) is 11.4 Å². The second-order valence-electron chi connectivity index (χ2n) is 4.84. The van der Waals surface area contributed by atoms with Crippen molar-refractivity contribution >= 4 is 28.5 Å². The molecule has 1 N–H and O–H groups in total. The van der Waals surface area contributed by atoms with Crippen LogP contribution in [0, 0.1) is 6.92 Å². The summed E-state index contributed by atoms with van der Waals surface area (Å²) in [6.45, 7) is 3.27. The molecule has 1 aromatic carbocycles. The van der Waals surface area contributed by atoms with Gasteiger partial charge in [-0.15, -0.1) is 11.6 Å². The number of nitrogens with one attached hydrogen (secondary N) is 1. The standard InChI is InChI=1S/C15H20ClN3O2/c1-11-4-3-5-12-15(11)18-13(6-7-16)19(12)10-14(20)17-8-9-21-2/h3-5H,6-10H2,1-2H3,(H,17,20). The molecule has 1 aromatic heterocycles. The summed E-state index contributed by atoms with van der Waals surface area (Å²) >= 11 is 5.84. The van der Waals surface area contributed by atoms with Crippen LogP contribution >= 0.6 is 11.6 Å². The number of carbonyl (C=O) groups excluding carboxylic acids is 1. The van der Waals surface area contributed by atoms with Gasteiger partial charge in [0, 0.05) is 26.0 Å². The molecule has 0 atom stereocenters. The van der Waals surface area contributed by atoms with E-state index in [2.05, 4.69) is 10.3 Å². The van der Waals surface area contributed by atoms with Crippen LogP contribution in [0.25, 0.3) is 11.0 Å². The highest BCUT2D eigenvalue weighted by atomic mass is 35.5. The van der Waals surface area contributed by atoms with Gasteiger partial charge < -0.3 is 14.6 Å². The van der Waals surface area contributed by atoms with E-state index in [1.54, 1.807) is 7.11 Å². The van der Waals surface area contributed by atoms with Crippen molar-refractivity contribution in [2.75, 3.05) is 26.1 Å². The fraction of sp³-hybridized carbons (Fsp3) is 0.467. The number of benzene rings is 1. The van der Waals surface area contributed by atoms with Crippen molar-refractivity contribution < 1.29 is 9.53 Å². The molecule has 0 saturated heterocycles. The quantitative estimate of drug-likeness (QED) is 0.628. The summed E-state index contributed by atoms with van der Waals surface area (Å²) in [7, 11) is 1.61. The van der Waals surface area contributed by atoms with Crippen LogP contribution in [0.5, 0.6) is 0 Å². The minimum atomic E-state index is -0.0521. The molecule has 0 radical (unpaired) electrons. The van der Waals surface area contributed by atoms with Gasteiger partial charge in [0.1, 0.15) is 12.4 Å². The van der Waals surface area contributed by atoms with Crippen LogP contribution in [-0.2, 0) is 22.5 Å². The van der Waals surface area contributed by atoms with Crippen LogP contribution in [0.2, 0.25) is 0 Å². The average molecular weight is 310 g/mol. The smallest absolute Gasteiger partial charge is 0.240 e. The van der Waals surface area contributed by atoms with Gasteiger partial charge in [0.2, 0.25) is 5.91 Å². The molecule has 0 bridgehead atoms. The summed E-state index contributed by atoms with van der Waals surface area (Å²) in [5.74, 6) is 1.27. The first kappa shape index (κ1) is 15.8. The number of para-hydroxylation sites is 1. The molecule has 0 fully saturated rings. The first-order valence-corrected chi connectivity index (χ1v) is 7.47. The number of rotatable bonds is 7. The molecule has 1 amide bonds. The molecule has 0 aliphatic rings. The third-order valence-electron chi connectivity index (χ3n) is 3.31. The Bertz CT molecular complexity index is 625. The molecule has 2 aromatic rings. The monoisotopic (exact) mass is 309 g/mol. The summed E-state index contributed by atoms with van der Waals surface area (Å²) < 4.78 is 6.86. The molecule has 0 aliphatic heterocycles. The molecule has 6 heteroatoms. The van der Waals surface area contributed by atoms with Crippen LogP contribution in [-0.4, -0.2) is 41.6 Å². The molecular weight excluding hydrogens is 290 g/mol. The van der Waals surface area contributed by atoms with Crippen molar-refractivity contribution in [3.8, 4) is 0 Å². The first-order valence-electron chi connectivity index (χ1n) is 6.93. The number of imidazole rings is 1. The van der Waals surface area contributed by atoms with Crippen molar-refractivity contribution in [1.29, 1.82) is 0 Å². The first-order chi connectivity index (χ1) is 10.2. The number of ether oxygens (including phenoxy) is 1. The molecule has 114 valence electrons. The average Bonchev–Trinajstić information content (AvgIpc) is 2.80. The number of amides is 1. The van der Waals surface area contributed by atoms with Gasteiger partial charge in [-0.2, -0.15) is 0 Å². The lowest BCUT2D eigenvalue weighted by Crippen LogP contribution is -2.30. The number of carbonyl (C=O) groups is 1. The maximum atomic E-state index is 12.0. The zero-order valence-corrected chi connectivity index (χ0v) is 13.1. The number of nitrogens with zero attached hydrogens (tertiary/aromatic N) is 2. The van der Waals surface area contributed by atoms with E-state index in [4.69, 9.17) is 16.3 Å². The molecule has 1 heterocycles. The lowest BCUT2D eigenvalue weighted by molar-refractivity contribution is -0.121. The normalized spacial score (nSPS) is 11.0. The number of fused-ring (bicyclic) bond motifs is 1. The van der Waals surface area contributed by atoms with Gasteiger partial charge in [0.25, 0.3) is 0 Å². The molecule has 21 heavy (non-hydrogen) atoms. The van der Waals surface area contributed by atoms with Gasteiger partial charge in [0.15, 0.2) is 0 Å². The van der Waals surface area contributed by atoms with Crippen molar-refractivity contribution in [2.45, 2.75) is 19.9 Å². The number of hydrogen-bond donors (Lipinski definition) is 1. The number of aromatic nitrogens is 2. The van der Waals surface area contributed by atoms with E-state index in [9.17, 15) is 4.79 Å². The fourth-order valence-corrected chi connectivity index (χ4v) is 2.45. The maximum absolute atomic E-state index is 12.0. The largest absolute Gasteiger partial charge is 0.383 e. The van der Waals surface area contributed by atoms with Crippen LogP contribution < -0.4 is 5.32 Å². The third kappa shape index (κ3) is 3.74. The molecule has 2 rings (SSSR count). The molecule has 0 spiro atoms. The Labute approximate surface area is 129 Å². The van der Waals surface area contributed by atoms with Gasteiger partial charge >= 0.3 is 0 Å². The predicted molar refractivity (Wildman–Crippen MR) is 83.8 cm³/mol. The second kappa shape index (κ2) is 7.43. The highest BCUT2D eigenvalue weighted by Gasteiger charge is 2.14. The van der Waals surface area contributed by atoms with Crippen LogP contribution in [0.15, 0.2) is 18.2 Å². The molecular formula is C15H20ClN3O2. The summed E-state index contributed by atoms with van der Waals surface area (Å²) in [6.07, 6.45) is 0.640. The van der Waals surface area contributed by atoms with Crippen LogP contribution in [0.3, 0.4) is 0 Å². The Morgan fingerprint density at radius 2 is 2.29 bits per heavy atom. The van der Waals surface area contributed by atoms with Gasteiger partial charge in [-0.05, 0) is 18.6 Å². The lowest BCUT2D eigenvalue weighted by Gasteiger charge is -2.09. The van der Waals surface area contributed by atoms with Gasteiger partial charge in [-0.1, -0.05) is 12.1 Å². The molecule has 5 nitrogen and oxygen atoms in total. The number of halogens is 1. The number of aryl methyl sites for hydroxylation is 2. The van der Waals surface area contributed by atoms with E-state index in [1.165, 1.54) is 0 Å². The highest BCUT2D eigenvalue weighted by Crippen LogP contribution is 2.20. The Kier molecular flexibility index (Phi) is 5.59. The Morgan fingerprint density at radius 3 is 3.00 bits per heavy atom. The summed E-state index contributed by atoms with van der Waals surface area (Å²) in [4.78, 5) is 16.6. The Morgan fingerprint density at radius 1 is 1.48 bits per heavy atom. The number of methoxy groups -OCH3 is 1. The third-order valence-corrected chi connectivity index (χ3v) is 3.50. The SMILES string of the molecule is COCCNC(=O)Cn1c(CCCl)nc2c(C)cccc21. The second-order valence-corrected chi connectivity index (χ2v) is 5.22. The summed E-state index contributed by atoms with van der Waals surface area (Å²) in [5, 5.41) is 2.82. The topological polar surface area (TPSA) is 56.1 Å². The van der Waals surface area contributed by atoms with Crippen molar-refractivity contribution in [2.24, 2.45) is 0 Å². The van der Waals surface area contributed by atoms with E-state index in [0.717, 1.165) is 22.4 Å². The lowest BCUT2D eigenvalue weighted by atomic mass is 10.2. The number of alkyl halides is 1. The maximum Gasteiger partial charge on any atom is 0.240 e. The zero-order valence-electron chi connectivity index (χ0n) is 12.4. The Hall–Kier alpha value is -1.59.